The van der Waals surface area contributed by atoms with Gasteiger partial charge < -0.3 is 19.7 Å². The maximum absolute atomic E-state index is 14.7. The number of ether oxygens (including phenoxy) is 2. The normalized spacial score (nSPS) is 22.4. The summed E-state index contributed by atoms with van der Waals surface area (Å²) in [4.78, 5) is 2.83. The summed E-state index contributed by atoms with van der Waals surface area (Å²) in [7, 11) is 0. The van der Waals surface area contributed by atoms with Crippen molar-refractivity contribution >= 4 is 11.8 Å². The van der Waals surface area contributed by atoms with Crippen molar-refractivity contribution in [3.63, 3.8) is 0 Å². The summed E-state index contributed by atoms with van der Waals surface area (Å²) in [6.07, 6.45) is 11.2. The van der Waals surface area contributed by atoms with Gasteiger partial charge in [-0.15, -0.1) is 11.8 Å². The van der Waals surface area contributed by atoms with Crippen LogP contribution in [0.15, 0.2) is 76.9 Å². The molecule has 1 aliphatic carbocycles. The molecule has 2 heterocycles. The summed E-state index contributed by atoms with van der Waals surface area (Å²) in [5.41, 5.74) is 1.95. The molecule has 2 aliphatic heterocycles. The molecule has 35 heavy (non-hydrogen) atoms. The predicted octanol–water partition coefficient (Wildman–Crippen LogP) is 6.32. The minimum atomic E-state index is -0.506. The van der Waals surface area contributed by atoms with Gasteiger partial charge in [0.2, 0.25) is 0 Å². The highest BCUT2D eigenvalue weighted by Gasteiger charge is 2.36. The lowest BCUT2D eigenvalue weighted by Crippen LogP contribution is -2.33. The molecule has 5 nitrogen and oxygen atoms in total. The van der Waals surface area contributed by atoms with Gasteiger partial charge in [-0.3, -0.25) is 4.90 Å². The second kappa shape index (κ2) is 10.8. The van der Waals surface area contributed by atoms with E-state index in [1.165, 1.54) is 37.1 Å². The van der Waals surface area contributed by atoms with Crippen LogP contribution in [0.4, 0.5) is 4.39 Å². The Balaban J connectivity index is 1.35. The second-order valence-corrected chi connectivity index (χ2v) is 10.2. The fraction of sp³-hybridized carbons (Fsp3) is 0.357. The molecule has 0 bridgehead atoms. The van der Waals surface area contributed by atoms with Crippen LogP contribution in [0.25, 0.3) is 0 Å². The average molecular weight is 496 g/mol. The van der Waals surface area contributed by atoms with Crippen molar-refractivity contribution < 1.29 is 24.1 Å². The van der Waals surface area contributed by atoms with E-state index in [1.54, 1.807) is 12.2 Å². The van der Waals surface area contributed by atoms with Crippen molar-refractivity contribution in [1.29, 1.82) is 0 Å². The molecule has 3 aliphatic rings. The van der Waals surface area contributed by atoms with Gasteiger partial charge in [0.05, 0.1) is 10.1 Å². The Labute approximate surface area is 209 Å². The van der Waals surface area contributed by atoms with E-state index in [4.69, 9.17) is 9.47 Å². The van der Waals surface area contributed by atoms with Gasteiger partial charge in [-0.2, -0.15) is 0 Å². The van der Waals surface area contributed by atoms with Gasteiger partial charge >= 0.3 is 0 Å². The zero-order valence-electron chi connectivity index (χ0n) is 19.5. The molecule has 2 atom stereocenters. The average Bonchev–Trinajstić information content (AvgIpc) is 3.09. The molecule has 7 heteroatoms. The summed E-state index contributed by atoms with van der Waals surface area (Å²) in [6, 6.07) is 10.4. The molecule has 0 spiro atoms. The second-order valence-electron chi connectivity index (χ2n) is 9.09. The quantitative estimate of drug-likeness (QED) is 0.489. The first-order valence-electron chi connectivity index (χ1n) is 12.1. The third kappa shape index (κ3) is 5.68. The number of hydrogen-bond donors (Lipinski definition) is 2. The Morgan fingerprint density at radius 1 is 1.06 bits per heavy atom. The van der Waals surface area contributed by atoms with Gasteiger partial charge in [0, 0.05) is 18.7 Å². The van der Waals surface area contributed by atoms with Crippen LogP contribution < -0.4 is 9.47 Å². The number of aromatic hydroxyl groups is 1. The van der Waals surface area contributed by atoms with Crippen LogP contribution in [0.3, 0.4) is 0 Å². The first-order valence-corrected chi connectivity index (χ1v) is 13.0. The lowest BCUT2D eigenvalue weighted by atomic mass is 9.98. The number of fused-ring (bicyclic) bond motifs is 1. The number of thioether (sulfide) groups is 1. The summed E-state index contributed by atoms with van der Waals surface area (Å²) < 4.78 is 27.0. The highest BCUT2D eigenvalue weighted by molar-refractivity contribution is 8.00. The molecule has 2 N–H and O–H groups in total. The molecule has 0 radical (unpaired) electrons. The molecule has 2 aromatic carbocycles. The Morgan fingerprint density at radius 2 is 1.86 bits per heavy atom. The number of phenolic OH excluding ortho intramolecular Hbond substituents is 1. The molecule has 1 fully saturated rings. The van der Waals surface area contributed by atoms with E-state index in [1.807, 2.05) is 36.4 Å². The molecule has 0 amide bonds. The molecule has 1 saturated heterocycles. The first-order chi connectivity index (χ1) is 17.1. The number of halogens is 1. The number of piperidine rings is 1. The Hall–Kier alpha value is -2.90. The van der Waals surface area contributed by atoms with E-state index in [0.717, 1.165) is 42.6 Å². The van der Waals surface area contributed by atoms with Gasteiger partial charge in [-0.25, -0.2) is 4.39 Å². The monoisotopic (exact) mass is 495 g/mol. The smallest absolute Gasteiger partial charge is 0.144 e. The first kappa shape index (κ1) is 23.8. The molecular weight excluding hydrogens is 465 g/mol. The highest BCUT2D eigenvalue weighted by atomic mass is 32.2. The van der Waals surface area contributed by atoms with Gasteiger partial charge in [0.1, 0.15) is 41.5 Å². The van der Waals surface area contributed by atoms with Crippen molar-refractivity contribution in [1.82, 2.24) is 4.90 Å². The van der Waals surface area contributed by atoms with Crippen molar-refractivity contribution in [3.05, 3.63) is 83.4 Å². The van der Waals surface area contributed by atoms with Crippen molar-refractivity contribution in [3.8, 4) is 17.2 Å². The summed E-state index contributed by atoms with van der Waals surface area (Å²) in [6.45, 7) is 3.88. The molecule has 0 unspecified atom stereocenters. The minimum absolute atomic E-state index is 0.166. The third-order valence-corrected chi connectivity index (χ3v) is 8.01. The highest BCUT2D eigenvalue weighted by Crippen LogP contribution is 2.50. The summed E-state index contributed by atoms with van der Waals surface area (Å²) in [5, 5.41) is 19.6. The van der Waals surface area contributed by atoms with Crippen LogP contribution >= 0.6 is 11.8 Å². The van der Waals surface area contributed by atoms with E-state index < -0.39 is 11.9 Å². The number of benzene rings is 2. The molecular formula is C28H30FNO4S. The van der Waals surface area contributed by atoms with Crippen LogP contribution in [0, 0.1) is 5.82 Å². The zero-order valence-corrected chi connectivity index (χ0v) is 20.3. The van der Waals surface area contributed by atoms with Gasteiger partial charge in [-0.1, -0.05) is 30.7 Å². The summed E-state index contributed by atoms with van der Waals surface area (Å²) >= 11 is 1.39. The van der Waals surface area contributed by atoms with Crippen molar-refractivity contribution in [2.24, 2.45) is 0 Å². The maximum atomic E-state index is 14.7. The lowest BCUT2D eigenvalue weighted by molar-refractivity contribution is 0.183. The van der Waals surface area contributed by atoms with E-state index in [9.17, 15) is 14.6 Å². The van der Waals surface area contributed by atoms with E-state index in [-0.39, 0.29) is 16.8 Å². The Morgan fingerprint density at radius 3 is 2.66 bits per heavy atom. The van der Waals surface area contributed by atoms with Crippen LogP contribution in [-0.2, 0) is 0 Å². The SMILES string of the molecule is OC1=CC=C([C@@H]2Sc3c(F)cc(O)cc3O[C@@H]2c2ccc(OCCN3CCCCC3)cc2)CC=C1. The molecule has 2 aromatic rings. The van der Waals surface area contributed by atoms with Gasteiger partial charge in [-0.05, 0) is 67.8 Å². The van der Waals surface area contributed by atoms with Crippen molar-refractivity contribution in [2.75, 3.05) is 26.2 Å². The van der Waals surface area contributed by atoms with E-state index in [2.05, 4.69) is 4.90 Å². The van der Waals surface area contributed by atoms with Crippen LogP contribution in [0.5, 0.6) is 17.2 Å². The Kier molecular flexibility index (Phi) is 7.35. The van der Waals surface area contributed by atoms with Crippen LogP contribution in [0.1, 0.15) is 37.4 Å². The molecule has 184 valence electrons. The Bertz CT molecular complexity index is 1140. The topological polar surface area (TPSA) is 62.2 Å². The standard InChI is InChI=1S/C28H30FNO4S/c29-24-17-22(32)18-25-28(24)35-27(20-5-4-6-21(31)10-7-20)26(34-25)19-8-11-23(12-9-19)33-16-15-30-13-2-1-3-14-30/h4,6-12,17-18,26-27,31-32H,1-3,5,13-16H2/t26-,27+/m1/s1. The number of allylic oxidation sites excluding steroid dienone is 4. The molecule has 0 saturated carbocycles. The van der Waals surface area contributed by atoms with Crippen LogP contribution in [-0.4, -0.2) is 46.6 Å². The van der Waals surface area contributed by atoms with Gasteiger partial charge in [0.15, 0.2) is 0 Å². The van der Waals surface area contributed by atoms with E-state index >= 15 is 0 Å². The predicted molar refractivity (Wildman–Crippen MR) is 136 cm³/mol. The fourth-order valence-corrected chi connectivity index (χ4v) is 6.04. The number of likely N-dealkylation sites (tertiary alicyclic amines) is 1. The number of hydrogen-bond acceptors (Lipinski definition) is 6. The molecule has 0 aromatic heterocycles. The number of rotatable bonds is 6. The molecule has 5 rings (SSSR count). The number of nitrogens with zero attached hydrogens (tertiary/aromatic N) is 1. The largest absolute Gasteiger partial charge is 0.508 e. The number of aliphatic hydroxyl groups is 1. The fourth-order valence-electron chi connectivity index (χ4n) is 4.73. The van der Waals surface area contributed by atoms with Gasteiger partial charge in [0.25, 0.3) is 0 Å². The zero-order chi connectivity index (χ0) is 24.2. The van der Waals surface area contributed by atoms with E-state index in [0.29, 0.717) is 23.7 Å². The number of aliphatic hydroxyl groups excluding tert-OH is 1. The lowest BCUT2D eigenvalue weighted by Gasteiger charge is -2.35. The maximum Gasteiger partial charge on any atom is 0.144 e. The summed E-state index contributed by atoms with van der Waals surface area (Å²) in [5.74, 6) is 0.647. The van der Waals surface area contributed by atoms with Crippen LogP contribution in [0.2, 0.25) is 0 Å². The van der Waals surface area contributed by atoms with Crippen molar-refractivity contribution in [2.45, 2.75) is 41.9 Å². The third-order valence-electron chi connectivity index (χ3n) is 6.58. The number of phenols is 1. The minimum Gasteiger partial charge on any atom is -0.508 e.